The number of hydrogen-bond donors (Lipinski definition) is 2. The molecule has 3 aromatic carbocycles. The fourth-order valence-electron chi connectivity index (χ4n) is 3.35. The van der Waals surface area contributed by atoms with Gasteiger partial charge in [0.1, 0.15) is 30.5 Å². The summed E-state index contributed by atoms with van der Waals surface area (Å²) < 4.78 is 17.2. The quantitative estimate of drug-likeness (QED) is 0.210. The predicted octanol–water partition coefficient (Wildman–Crippen LogP) is 4.83. The number of nitrogens with zero attached hydrogens (tertiary/aromatic N) is 1. The van der Waals surface area contributed by atoms with E-state index < -0.39 is 4.92 Å². The SMILES string of the molecule is NCCc1c[nH]c2ccc(OCCOc3ccc(Oc4ccccc4[N+](=O)[O-])cc3)cc12. The lowest BCUT2D eigenvalue weighted by Gasteiger charge is -2.10. The molecule has 0 spiro atoms. The van der Waals surface area contributed by atoms with Gasteiger partial charge < -0.3 is 24.9 Å². The molecule has 4 aromatic rings. The van der Waals surface area contributed by atoms with E-state index in [2.05, 4.69) is 4.98 Å². The summed E-state index contributed by atoms with van der Waals surface area (Å²) in [5, 5.41) is 12.2. The van der Waals surface area contributed by atoms with Gasteiger partial charge in [-0.1, -0.05) is 12.1 Å². The van der Waals surface area contributed by atoms with Crippen molar-refractivity contribution in [1.29, 1.82) is 0 Å². The van der Waals surface area contributed by atoms with Gasteiger partial charge in [-0.05, 0) is 67.1 Å². The Balaban J connectivity index is 1.29. The van der Waals surface area contributed by atoms with Gasteiger partial charge in [-0.2, -0.15) is 0 Å². The van der Waals surface area contributed by atoms with Crippen molar-refractivity contribution in [3.8, 4) is 23.0 Å². The minimum Gasteiger partial charge on any atom is -0.490 e. The van der Waals surface area contributed by atoms with Gasteiger partial charge in [-0.15, -0.1) is 0 Å². The Kier molecular flexibility index (Phi) is 6.52. The van der Waals surface area contributed by atoms with Gasteiger partial charge in [0.05, 0.1) is 4.92 Å². The second-order valence-corrected chi connectivity index (χ2v) is 7.06. The summed E-state index contributed by atoms with van der Waals surface area (Å²) in [5.41, 5.74) is 7.82. The Morgan fingerprint density at radius 2 is 1.59 bits per heavy atom. The Morgan fingerprint density at radius 3 is 2.34 bits per heavy atom. The summed E-state index contributed by atoms with van der Waals surface area (Å²) >= 11 is 0. The van der Waals surface area contributed by atoms with E-state index in [9.17, 15) is 10.1 Å². The minimum absolute atomic E-state index is 0.0852. The molecule has 8 nitrogen and oxygen atoms in total. The molecule has 0 fully saturated rings. The number of nitro groups is 1. The van der Waals surface area contributed by atoms with Crippen LogP contribution in [0.25, 0.3) is 10.9 Å². The van der Waals surface area contributed by atoms with E-state index in [4.69, 9.17) is 19.9 Å². The molecule has 4 rings (SSSR count). The van der Waals surface area contributed by atoms with E-state index >= 15 is 0 Å². The van der Waals surface area contributed by atoms with Crippen molar-refractivity contribution in [3.63, 3.8) is 0 Å². The highest BCUT2D eigenvalue weighted by Gasteiger charge is 2.14. The summed E-state index contributed by atoms with van der Waals surface area (Å²) in [6.45, 7) is 1.35. The number of nitro benzene ring substituents is 1. The highest BCUT2D eigenvalue weighted by molar-refractivity contribution is 5.84. The van der Waals surface area contributed by atoms with Gasteiger partial charge in [-0.25, -0.2) is 0 Å². The van der Waals surface area contributed by atoms with Crippen LogP contribution in [-0.2, 0) is 6.42 Å². The predicted molar refractivity (Wildman–Crippen MR) is 122 cm³/mol. The lowest BCUT2D eigenvalue weighted by Crippen LogP contribution is -2.09. The third-order valence-electron chi connectivity index (χ3n) is 4.89. The summed E-state index contributed by atoms with van der Waals surface area (Å²) in [5.74, 6) is 2.09. The molecule has 8 heteroatoms. The van der Waals surface area contributed by atoms with Crippen molar-refractivity contribution in [2.45, 2.75) is 6.42 Å². The number of H-pyrrole nitrogens is 1. The maximum atomic E-state index is 11.1. The normalized spacial score (nSPS) is 10.8. The molecule has 32 heavy (non-hydrogen) atoms. The molecule has 0 saturated carbocycles. The van der Waals surface area contributed by atoms with Crippen molar-refractivity contribution in [2.24, 2.45) is 5.73 Å². The van der Waals surface area contributed by atoms with Crippen LogP contribution in [0, 0.1) is 10.1 Å². The monoisotopic (exact) mass is 433 g/mol. The first-order valence-electron chi connectivity index (χ1n) is 10.2. The number of ether oxygens (including phenoxy) is 3. The fourth-order valence-corrected chi connectivity index (χ4v) is 3.35. The number of hydrogen-bond acceptors (Lipinski definition) is 6. The molecule has 0 radical (unpaired) electrons. The van der Waals surface area contributed by atoms with Crippen molar-refractivity contribution in [3.05, 3.63) is 88.6 Å². The Morgan fingerprint density at radius 1 is 0.906 bits per heavy atom. The van der Waals surface area contributed by atoms with Crippen LogP contribution in [0.5, 0.6) is 23.0 Å². The number of rotatable bonds is 10. The van der Waals surface area contributed by atoms with Crippen LogP contribution in [0.15, 0.2) is 72.9 Å². The second kappa shape index (κ2) is 9.84. The summed E-state index contributed by atoms with van der Waals surface area (Å²) in [6.07, 6.45) is 2.79. The first-order chi connectivity index (χ1) is 15.6. The van der Waals surface area contributed by atoms with Gasteiger partial charge in [0.25, 0.3) is 0 Å². The molecule has 0 atom stereocenters. The first-order valence-corrected chi connectivity index (χ1v) is 10.2. The Labute approximate surface area is 184 Å². The van der Waals surface area contributed by atoms with E-state index in [1.165, 1.54) is 11.6 Å². The molecule has 0 bridgehead atoms. The van der Waals surface area contributed by atoms with Crippen molar-refractivity contribution < 1.29 is 19.1 Å². The highest BCUT2D eigenvalue weighted by Crippen LogP contribution is 2.31. The number of para-hydroxylation sites is 2. The molecular weight excluding hydrogens is 410 g/mol. The number of aromatic nitrogens is 1. The fraction of sp³-hybridized carbons (Fsp3) is 0.167. The van der Waals surface area contributed by atoms with E-state index in [0.29, 0.717) is 31.3 Å². The molecule has 0 aliphatic carbocycles. The molecular formula is C24H23N3O5. The van der Waals surface area contributed by atoms with Crippen LogP contribution in [0.4, 0.5) is 5.69 Å². The maximum Gasteiger partial charge on any atom is 0.311 e. The van der Waals surface area contributed by atoms with Crippen LogP contribution in [0.3, 0.4) is 0 Å². The van der Waals surface area contributed by atoms with Crippen LogP contribution in [0.1, 0.15) is 5.56 Å². The van der Waals surface area contributed by atoms with Crippen LogP contribution >= 0.6 is 0 Å². The van der Waals surface area contributed by atoms with E-state index in [1.54, 1.807) is 42.5 Å². The number of nitrogens with one attached hydrogen (secondary N) is 1. The molecule has 0 aliphatic heterocycles. The third-order valence-corrected chi connectivity index (χ3v) is 4.89. The Hall–Kier alpha value is -4.04. The van der Waals surface area contributed by atoms with Crippen molar-refractivity contribution in [2.75, 3.05) is 19.8 Å². The van der Waals surface area contributed by atoms with Gasteiger partial charge in [0.2, 0.25) is 5.75 Å². The number of nitrogens with two attached hydrogens (primary N) is 1. The maximum absolute atomic E-state index is 11.1. The van der Waals surface area contributed by atoms with E-state index in [0.717, 1.165) is 23.1 Å². The first kappa shape index (κ1) is 21.2. The lowest BCUT2D eigenvalue weighted by atomic mass is 10.1. The molecule has 0 aliphatic rings. The summed E-state index contributed by atoms with van der Waals surface area (Å²) in [4.78, 5) is 13.9. The molecule has 0 amide bonds. The largest absolute Gasteiger partial charge is 0.490 e. The lowest BCUT2D eigenvalue weighted by molar-refractivity contribution is -0.385. The molecule has 0 saturated heterocycles. The van der Waals surface area contributed by atoms with Crippen molar-refractivity contribution >= 4 is 16.6 Å². The van der Waals surface area contributed by atoms with Crippen LogP contribution in [-0.4, -0.2) is 29.7 Å². The zero-order valence-corrected chi connectivity index (χ0v) is 17.3. The van der Waals surface area contributed by atoms with Gasteiger partial charge in [0.15, 0.2) is 0 Å². The van der Waals surface area contributed by atoms with Gasteiger partial charge >= 0.3 is 5.69 Å². The topological polar surface area (TPSA) is 113 Å². The van der Waals surface area contributed by atoms with E-state index in [1.807, 2.05) is 24.4 Å². The van der Waals surface area contributed by atoms with Gasteiger partial charge in [0, 0.05) is 23.2 Å². The second-order valence-electron chi connectivity index (χ2n) is 7.06. The molecule has 1 heterocycles. The average molecular weight is 433 g/mol. The highest BCUT2D eigenvalue weighted by atomic mass is 16.6. The zero-order valence-electron chi connectivity index (χ0n) is 17.3. The van der Waals surface area contributed by atoms with Crippen LogP contribution in [0.2, 0.25) is 0 Å². The molecule has 1 aromatic heterocycles. The third kappa shape index (κ3) is 4.98. The van der Waals surface area contributed by atoms with Crippen molar-refractivity contribution in [1.82, 2.24) is 4.98 Å². The number of fused-ring (bicyclic) bond motifs is 1. The Bertz CT molecular complexity index is 1200. The van der Waals surface area contributed by atoms with Crippen LogP contribution < -0.4 is 19.9 Å². The number of benzene rings is 3. The summed E-state index contributed by atoms with van der Waals surface area (Å²) in [6, 6.07) is 19.0. The standard InChI is InChI=1S/C24H23N3O5/c25-12-11-17-16-26-22-10-9-20(15-21(17)22)31-14-13-30-18-5-7-19(8-6-18)32-24-4-2-1-3-23(24)27(28)29/h1-10,15-16,26H,11-14,25H2. The number of aromatic amines is 1. The molecule has 0 unspecified atom stereocenters. The zero-order chi connectivity index (χ0) is 22.3. The molecule has 3 N–H and O–H groups in total. The average Bonchev–Trinajstić information content (AvgIpc) is 3.20. The van der Waals surface area contributed by atoms with E-state index in [-0.39, 0.29) is 11.4 Å². The molecule has 164 valence electrons. The minimum atomic E-state index is -0.473. The summed E-state index contributed by atoms with van der Waals surface area (Å²) in [7, 11) is 0. The smallest absolute Gasteiger partial charge is 0.311 e. The van der Waals surface area contributed by atoms with Gasteiger partial charge in [-0.3, -0.25) is 10.1 Å².